The number of rotatable bonds is 6. The Labute approximate surface area is 186 Å². The van der Waals surface area contributed by atoms with Gasteiger partial charge in [-0.3, -0.25) is 4.68 Å². The van der Waals surface area contributed by atoms with E-state index in [1.807, 2.05) is 18.3 Å². The van der Waals surface area contributed by atoms with E-state index in [0.29, 0.717) is 28.8 Å². The summed E-state index contributed by atoms with van der Waals surface area (Å²) in [6, 6.07) is 14.1. The predicted molar refractivity (Wildman–Crippen MR) is 124 cm³/mol. The maximum Gasteiger partial charge on any atom is 0.225 e. The Kier molecular flexibility index (Phi) is 5.26. The van der Waals surface area contributed by atoms with Crippen LogP contribution in [-0.4, -0.2) is 34.0 Å². The van der Waals surface area contributed by atoms with Crippen molar-refractivity contribution in [2.75, 3.05) is 25.3 Å². The lowest BCUT2D eigenvalue weighted by Crippen LogP contribution is -2.20. The molecule has 32 heavy (non-hydrogen) atoms. The third-order valence-electron chi connectivity index (χ3n) is 5.97. The molecule has 164 valence electrons. The van der Waals surface area contributed by atoms with Crippen molar-refractivity contribution in [2.24, 2.45) is 0 Å². The molecule has 0 bridgehead atoms. The molecule has 8 heteroatoms. The molecule has 0 saturated heterocycles. The van der Waals surface area contributed by atoms with Crippen molar-refractivity contribution in [2.45, 2.75) is 31.8 Å². The number of benzene rings is 2. The van der Waals surface area contributed by atoms with Crippen LogP contribution in [0.4, 0.5) is 11.8 Å². The molecule has 1 aliphatic rings. The van der Waals surface area contributed by atoms with E-state index in [2.05, 4.69) is 44.3 Å². The van der Waals surface area contributed by atoms with E-state index in [9.17, 15) is 0 Å². The summed E-state index contributed by atoms with van der Waals surface area (Å²) in [6.07, 6.45) is 5.03. The van der Waals surface area contributed by atoms with Gasteiger partial charge in [0.15, 0.2) is 11.5 Å². The van der Waals surface area contributed by atoms with Gasteiger partial charge in [-0.05, 0) is 30.9 Å². The summed E-state index contributed by atoms with van der Waals surface area (Å²) in [6.45, 7) is 0.768. The lowest BCUT2D eigenvalue weighted by molar-refractivity contribution is 0.356. The van der Waals surface area contributed by atoms with Gasteiger partial charge in [-0.2, -0.15) is 10.1 Å². The van der Waals surface area contributed by atoms with Crippen molar-refractivity contribution in [3.05, 3.63) is 65.5 Å². The summed E-state index contributed by atoms with van der Waals surface area (Å²) in [5.41, 5.74) is 10.7. The zero-order valence-electron chi connectivity index (χ0n) is 18.2. The number of nitrogens with two attached hydrogens (primary N) is 1. The molecule has 3 N–H and O–H groups in total. The highest BCUT2D eigenvalue weighted by molar-refractivity contribution is 5.91. The number of nitrogens with one attached hydrogen (secondary N) is 1. The quantitative estimate of drug-likeness (QED) is 0.477. The smallest absolute Gasteiger partial charge is 0.225 e. The van der Waals surface area contributed by atoms with Gasteiger partial charge in [0, 0.05) is 22.7 Å². The van der Waals surface area contributed by atoms with E-state index in [4.69, 9.17) is 20.2 Å². The van der Waals surface area contributed by atoms with Crippen LogP contribution < -0.4 is 20.5 Å². The predicted octanol–water partition coefficient (Wildman–Crippen LogP) is 3.96. The second-order valence-electron chi connectivity index (χ2n) is 7.94. The number of hydrogen-bond acceptors (Lipinski definition) is 7. The first-order valence-corrected chi connectivity index (χ1v) is 10.7. The summed E-state index contributed by atoms with van der Waals surface area (Å²) in [5.74, 6) is 2.09. The number of hydrogen-bond donors (Lipinski definition) is 2. The van der Waals surface area contributed by atoms with Gasteiger partial charge in [0.05, 0.1) is 38.5 Å². The van der Waals surface area contributed by atoms with Crippen LogP contribution in [0.25, 0.3) is 10.9 Å². The molecule has 0 spiro atoms. The molecule has 0 saturated carbocycles. The van der Waals surface area contributed by atoms with Gasteiger partial charge in [0.2, 0.25) is 5.95 Å². The fraction of sp³-hybridized carbons (Fsp3) is 0.292. The fourth-order valence-corrected chi connectivity index (χ4v) is 4.36. The second kappa shape index (κ2) is 8.37. The number of anilines is 2. The Balaban J connectivity index is 1.44. The minimum atomic E-state index is 0.0836. The molecule has 8 nitrogen and oxygen atoms in total. The van der Waals surface area contributed by atoms with Crippen LogP contribution in [0.15, 0.2) is 48.7 Å². The van der Waals surface area contributed by atoms with E-state index in [1.165, 1.54) is 16.8 Å². The molecular weight excluding hydrogens is 404 g/mol. The van der Waals surface area contributed by atoms with Crippen molar-refractivity contribution >= 4 is 22.7 Å². The SMILES string of the molecule is COc1cc2nc(NC3CCCc4c3cnn4Cc3ccccc3)nc(N)c2cc1OC. The molecule has 2 heterocycles. The van der Waals surface area contributed by atoms with E-state index in [0.717, 1.165) is 31.2 Å². The molecule has 1 aliphatic carbocycles. The molecule has 2 aromatic carbocycles. The Morgan fingerprint density at radius 3 is 2.66 bits per heavy atom. The van der Waals surface area contributed by atoms with E-state index in [-0.39, 0.29) is 6.04 Å². The summed E-state index contributed by atoms with van der Waals surface area (Å²) in [5, 5.41) is 8.89. The maximum absolute atomic E-state index is 6.26. The van der Waals surface area contributed by atoms with Crippen LogP contribution >= 0.6 is 0 Å². The van der Waals surface area contributed by atoms with Crippen LogP contribution in [0.3, 0.4) is 0 Å². The zero-order chi connectivity index (χ0) is 22.1. The molecule has 0 fully saturated rings. The van der Waals surface area contributed by atoms with Crippen molar-refractivity contribution in [1.29, 1.82) is 0 Å². The lowest BCUT2D eigenvalue weighted by atomic mass is 9.93. The van der Waals surface area contributed by atoms with Gasteiger partial charge in [0.1, 0.15) is 5.82 Å². The number of methoxy groups -OCH3 is 2. The molecule has 0 radical (unpaired) electrons. The first-order valence-electron chi connectivity index (χ1n) is 10.7. The molecule has 0 amide bonds. The molecule has 4 aromatic rings. The van der Waals surface area contributed by atoms with E-state index >= 15 is 0 Å². The molecule has 1 atom stereocenters. The molecule has 2 aromatic heterocycles. The minimum absolute atomic E-state index is 0.0836. The fourth-order valence-electron chi connectivity index (χ4n) is 4.36. The Bertz CT molecular complexity index is 1250. The Morgan fingerprint density at radius 2 is 1.88 bits per heavy atom. The van der Waals surface area contributed by atoms with Gasteiger partial charge in [0.25, 0.3) is 0 Å². The highest BCUT2D eigenvalue weighted by atomic mass is 16.5. The van der Waals surface area contributed by atoms with Crippen LogP contribution in [0.2, 0.25) is 0 Å². The van der Waals surface area contributed by atoms with Gasteiger partial charge < -0.3 is 20.5 Å². The van der Waals surface area contributed by atoms with Gasteiger partial charge in [-0.15, -0.1) is 0 Å². The highest BCUT2D eigenvalue weighted by Gasteiger charge is 2.25. The van der Waals surface area contributed by atoms with Crippen LogP contribution in [0, 0.1) is 0 Å². The van der Waals surface area contributed by atoms with Crippen LogP contribution in [0.1, 0.15) is 35.7 Å². The average molecular weight is 431 g/mol. The molecule has 5 rings (SSSR count). The van der Waals surface area contributed by atoms with Crippen LogP contribution in [0.5, 0.6) is 11.5 Å². The molecular formula is C24H26N6O2. The van der Waals surface area contributed by atoms with Crippen molar-refractivity contribution in [3.63, 3.8) is 0 Å². The third-order valence-corrected chi connectivity index (χ3v) is 5.97. The Morgan fingerprint density at radius 1 is 1.09 bits per heavy atom. The number of nitrogen functional groups attached to an aromatic ring is 1. The standard InChI is InChI=1S/C24H26N6O2/c1-31-21-11-16-19(12-22(21)32-2)28-24(29-23(16)25)27-18-9-6-10-20-17(18)13-26-30(20)14-15-7-4-3-5-8-15/h3-5,7-8,11-13,18H,6,9-10,14H2,1-2H3,(H3,25,27,28,29). The summed E-state index contributed by atoms with van der Waals surface area (Å²) in [4.78, 5) is 9.20. The first kappa shape index (κ1) is 20.1. The highest BCUT2D eigenvalue weighted by Crippen LogP contribution is 2.35. The first-order chi connectivity index (χ1) is 15.7. The summed E-state index contributed by atoms with van der Waals surface area (Å²) < 4.78 is 12.9. The largest absolute Gasteiger partial charge is 0.493 e. The van der Waals surface area contributed by atoms with Gasteiger partial charge in [-0.25, -0.2) is 4.98 Å². The topological polar surface area (TPSA) is 100 Å². The van der Waals surface area contributed by atoms with Crippen molar-refractivity contribution in [3.8, 4) is 11.5 Å². The normalized spacial score (nSPS) is 15.4. The second-order valence-corrected chi connectivity index (χ2v) is 7.94. The number of fused-ring (bicyclic) bond motifs is 2. The van der Waals surface area contributed by atoms with Crippen molar-refractivity contribution in [1.82, 2.24) is 19.7 Å². The lowest BCUT2D eigenvalue weighted by Gasteiger charge is -2.24. The van der Waals surface area contributed by atoms with E-state index in [1.54, 1.807) is 20.3 Å². The molecule has 1 unspecified atom stereocenters. The Hall–Kier alpha value is -3.81. The van der Waals surface area contributed by atoms with Crippen LogP contribution in [-0.2, 0) is 13.0 Å². The maximum atomic E-state index is 6.26. The third kappa shape index (κ3) is 3.68. The number of ether oxygens (including phenoxy) is 2. The average Bonchev–Trinajstić information content (AvgIpc) is 3.22. The number of aromatic nitrogens is 4. The van der Waals surface area contributed by atoms with Crippen molar-refractivity contribution < 1.29 is 9.47 Å². The zero-order valence-corrected chi connectivity index (χ0v) is 18.2. The summed E-state index contributed by atoms with van der Waals surface area (Å²) >= 11 is 0. The minimum Gasteiger partial charge on any atom is -0.493 e. The summed E-state index contributed by atoms with van der Waals surface area (Å²) in [7, 11) is 3.19. The monoisotopic (exact) mass is 430 g/mol. The van der Waals surface area contributed by atoms with Gasteiger partial charge >= 0.3 is 0 Å². The number of nitrogens with zero attached hydrogens (tertiary/aromatic N) is 4. The molecule has 0 aliphatic heterocycles. The van der Waals surface area contributed by atoms with Gasteiger partial charge in [-0.1, -0.05) is 30.3 Å². The van der Waals surface area contributed by atoms with E-state index < -0.39 is 0 Å².